The number of nitrogens with one attached hydrogen (secondary N) is 1. The molecular formula is C10H20N2O. The summed E-state index contributed by atoms with van der Waals surface area (Å²) in [7, 11) is 0. The van der Waals surface area contributed by atoms with E-state index < -0.39 is 0 Å². The zero-order valence-corrected chi connectivity index (χ0v) is 8.55. The smallest absolute Gasteiger partial charge is 0.221 e. The summed E-state index contributed by atoms with van der Waals surface area (Å²) >= 11 is 0. The summed E-state index contributed by atoms with van der Waals surface area (Å²) in [5.41, 5.74) is 5.54. The van der Waals surface area contributed by atoms with Crippen LogP contribution >= 0.6 is 0 Å². The fourth-order valence-corrected chi connectivity index (χ4v) is 1.92. The molecule has 0 aromatic heterocycles. The van der Waals surface area contributed by atoms with Crippen LogP contribution in [0.5, 0.6) is 0 Å². The largest absolute Gasteiger partial charge is 0.353 e. The lowest BCUT2D eigenvalue weighted by Gasteiger charge is -2.17. The van der Waals surface area contributed by atoms with Crippen LogP contribution in [0.4, 0.5) is 0 Å². The van der Waals surface area contributed by atoms with Gasteiger partial charge in [-0.3, -0.25) is 4.79 Å². The van der Waals surface area contributed by atoms with Gasteiger partial charge in [0.25, 0.3) is 0 Å². The number of hydrogen-bond acceptors (Lipinski definition) is 2. The van der Waals surface area contributed by atoms with Crippen molar-refractivity contribution in [2.24, 2.45) is 11.7 Å². The minimum Gasteiger partial charge on any atom is -0.353 e. The van der Waals surface area contributed by atoms with Crippen molar-refractivity contribution in [2.75, 3.05) is 0 Å². The third kappa shape index (κ3) is 3.35. The molecule has 3 nitrogen and oxygen atoms in total. The maximum Gasteiger partial charge on any atom is 0.221 e. The Morgan fingerprint density at radius 2 is 2.31 bits per heavy atom. The van der Waals surface area contributed by atoms with Crippen LogP contribution in [0.3, 0.4) is 0 Å². The van der Waals surface area contributed by atoms with Crippen LogP contribution in [-0.2, 0) is 4.79 Å². The van der Waals surface area contributed by atoms with E-state index in [1.165, 1.54) is 12.8 Å². The fourth-order valence-electron chi connectivity index (χ4n) is 1.92. The van der Waals surface area contributed by atoms with E-state index in [1.54, 1.807) is 0 Å². The molecule has 3 N–H and O–H groups in total. The standard InChI is InChI=1S/C10H20N2O/c1-7-4-3-5-9(7)12-10(13)6-8(2)11/h7-9H,3-6,11H2,1-2H3,(H,12,13). The number of carbonyl (C=O) groups excluding carboxylic acids is 1. The van der Waals surface area contributed by atoms with E-state index in [1.807, 2.05) is 6.92 Å². The van der Waals surface area contributed by atoms with E-state index in [2.05, 4.69) is 12.2 Å². The average Bonchev–Trinajstić information content (AvgIpc) is 2.34. The summed E-state index contributed by atoms with van der Waals surface area (Å²) in [6.45, 7) is 4.06. The number of hydrogen-bond donors (Lipinski definition) is 2. The normalized spacial score (nSPS) is 30.1. The van der Waals surface area contributed by atoms with Crippen molar-refractivity contribution in [2.45, 2.75) is 51.6 Å². The molecule has 1 amide bonds. The third-order valence-corrected chi connectivity index (χ3v) is 2.72. The Balaban J connectivity index is 2.27. The molecular weight excluding hydrogens is 164 g/mol. The van der Waals surface area contributed by atoms with Gasteiger partial charge in [0.15, 0.2) is 0 Å². The Morgan fingerprint density at radius 1 is 1.62 bits per heavy atom. The van der Waals surface area contributed by atoms with Gasteiger partial charge in [-0.05, 0) is 25.7 Å². The van der Waals surface area contributed by atoms with Crippen LogP contribution < -0.4 is 11.1 Å². The van der Waals surface area contributed by atoms with E-state index in [4.69, 9.17) is 5.73 Å². The second kappa shape index (κ2) is 4.61. The Hall–Kier alpha value is -0.570. The molecule has 1 rings (SSSR count). The first-order valence-corrected chi connectivity index (χ1v) is 5.14. The van der Waals surface area contributed by atoms with Gasteiger partial charge in [-0.1, -0.05) is 13.3 Å². The van der Waals surface area contributed by atoms with Crippen molar-refractivity contribution in [1.29, 1.82) is 0 Å². The van der Waals surface area contributed by atoms with Gasteiger partial charge in [0.05, 0.1) is 0 Å². The lowest BCUT2D eigenvalue weighted by Crippen LogP contribution is -2.38. The molecule has 0 aromatic rings. The highest BCUT2D eigenvalue weighted by atomic mass is 16.1. The minimum atomic E-state index is -0.0308. The van der Waals surface area contributed by atoms with Gasteiger partial charge in [0, 0.05) is 18.5 Å². The summed E-state index contributed by atoms with van der Waals surface area (Å²) < 4.78 is 0. The number of nitrogens with two attached hydrogens (primary N) is 1. The minimum absolute atomic E-state index is 0.0308. The van der Waals surface area contributed by atoms with Crippen molar-refractivity contribution in [3.63, 3.8) is 0 Å². The van der Waals surface area contributed by atoms with Crippen LogP contribution in [0.15, 0.2) is 0 Å². The molecule has 0 radical (unpaired) electrons. The van der Waals surface area contributed by atoms with Crippen molar-refractivity contribution in [1.82, 2.24) is 5.32 Å². The molecule has 0 bridgehead atoms. The van der Waals surface area contributed by atoms with Crippen LogP contribution in [0.25, 0.3) is 0 Å². The van der Waals surface area contributed by atoms with Crippen molar-refractivity contribution >= 4 is 5.91 Å². The van der Waals surface area contributed by atoms with Gasteiger partial charge in [0.2, 0.25) is 5.91 Å². The third-order valence-electron chi connectivity index (χ3n) is 2.72. The first kappa shape index (κ1) is 10.5. The maximum absolute atomic E-state index is 11.4. The highest BCUT2D eigenvalue weighted by molar-refractivity contribution is 5.76. The van der Waals surface area contributed by atoms with Crippen LogP contribution in [0.2, 0.25) is 0 Å². The van der Waals surface area contributed by atoms with Crippen LogP contribution in [0.1, 0.15) is 39.5 Å². The summed E-state index contributed by atoms with van der Waals surface area (Å²) in [6, 6.07) is 0.364. The Bertz CT molecular complexity index is 180. The second-order valence-electron chi connectivity index (χ2n) is 4.26. The van der Waals surface area contributed by atoms with Gasteiger partial charge in [-0.25, -0.2) is 0 Å². The molecule has 1 saturated carbocycles. The van der Waals surface area contributed by atoms with Gasteiger partial charge in [-0.2, -0.15) is 0 Å². The number of amides is 1. The average molecular weight is 184 g/mol. The van der Waals surface area contributed by atoms with Crippen molar-refractivity contribution in [3.8, 4) is 0 Å². The zero-order valence-electron chi connectivity index (χ0n) is 8.55. The van der Waals surface area contributed by atoms with E-state index in [0.717, 1.165) is 6.42 Å². The predicted molar refractivity (Wildman–Crippen MR) is 53.2 cm³/mol. The Labute approximate surface area is 80.1 Å². The molecule has 3 unspecified atom stereocenters. The first-order chi connectivity index (χ1) is 6.09. The van der Waals surface area contributed by atoms with Gasteiger partial charge in [0.1, 0.15) is 0 Å². The Kier molecular flexibility index (Phi) is 3.72. The highest BCUT2D eigenvalue weighted by Crippen LogP contribution is 2.24. The van der Waals surface area contributed by atoms with E-state index in [0.29, 0.717) is 18.4 Å². The quantitative estimate of drug-likeness (QED) is 0.688. The molecule has 0 aliphatic heterocycles. The number of carbonyl (C=O) groups is 1. The second-order valence-corrected chi connectivity index (χ2v) is 4.26. The lowest BCUT2D eigenvalue weighted by molar-refractivity contribution is -0.122. The molecule has 3 heteroatoms. The lowest BCUT2D eigenvalue weighted by atomic mass is 10.1. The van der Waals surface area contributed by atoms with Gasteiger partial charge in [-0.15, -0.1) is 0 Å². The Morgan fingerprint density at radius 3 is 2.77 bits per heavy atom. The monoisotopic (exact) mass is 184 g/mol. The van der Waals surface area contributed by atoms with Crippen LogP contribution in [0, 0.1) is 5.92 Å². The van der Waals surface area contributed by atoms with E-state index >= 15 is 0 Å². The first-order valence-electron chi connectivity index (χ1n) is 5.14. The molecule has 0 aromatic carbocycles. The molecule has 1 fully saturated rings. The summed E-state index contributed by atoms with van der Waals surface area (Å²) in [5.74, 6) is 0.741. The van der Waals surface area contributed by atoms with Gasteiger partial charge >= 0.3 is 0 Å². The fraction of sp³-hybridized carbons (Fsp3) is 0.900. The molecule has 0 heterocycles. The van der Waals surface area contributed by atoms with Crippen molar-refractivity contribution < 1.29 is 4.79 Å². The van der Waals surface area contributed by atoms with E-state index in [-0.39, 0.29) is 11.9 Å². The molecule has 76 valence electrons. The summed E-state index contributed by atoms with van der Waals surface area (Å²) in [5, 5.41) is 3.04. The molecule has 3 atom stereocenters. The van der Waals surface area contributed by atoms with E-state index in [9.17, 15) is 4.79 Å². The topological polar surface area (TPSA) is 55.1 Å². The zero-order chi connectivity index (χ0) is 9.84. The molecule has 1 aliphatic rings. The van der Waals surface area contributed by atoms with Crippen molar-refractivity contribution in [3.05, 3.63) is 0 Å². The van der Waals surface area contributed by atoms with Crippen LogP contribution in [-0.4, -0.2) is 18.0 Å². The SMILES string of the molecule is CC(N)CC(=O)NC1CCCC1C. The molecule has 1 aliphatic carbocycles. The molecule has 13 heavy (non-hydrogen) atoms. The molecule has 0 spiro atoms. The highest BCUT2D eigenvalue weighted by Gasteiger charge is 2.24. The molecule has 0 saturated heterocycles. The maximum atomic E-state index is 11.4. The predicted octanol–water partition coefficient (Wildman–Crippen LogP) is 1.03. The summed E-state index contributed by atoms with van der Waals surface area (Å²) in [6.07, 6.45) is 4.06. The van der Waals surface area contributed by atoms with Gasteiger partial charge < -0.3 is 11.1 Å². The number of rotatable bonds is 3. The summed E-state index contributed by atoms with van der Waals surface area (Å²) in [4.78, 5) is 11.4.